The maximum atomic E-state index is 14.6. The molecule has 2 aromatic carbocycles. The number of nitrogens with zero attached hydrogens (tertiary/aromatic N) is 3. The van der Waals surface area contributed by atoms with Crippen molar-refractivity contribution in [1.82, 2.24) is 4.90 Å². The van der Waals surface area contributed by atoms with E-state index < -0.39 is 6.05 Å². The Hall–Kier alpha value is -2.54. The van der Waals surface area contributed by atoms with E-state index in [2.05, 4.69) is 11.0 Å². The van der Waals surface area contributed by atoms with Gasteiger partial charge >= 0.3 is 6.05 Å². The highest BCUT2D eigenvalue weighted by molar-refractivity contribution is 5.95. The van der Waals surface area contributed by atoms with Gasteiger partial charge in [-0.2, -0.15) is 8.78 Å². The topological polar surface area (TPSA) is 26.8 Å². The maximum Gasteiger partial charge on any atom is 0.342 e. The molecule has 31 heavy (non-hydrogen) atoms. The molecule has 5 rings (SSSR count). The lowest BCUT2D eigenvalue weighted by atomic mass is 9.89. The fourth-order valence-corrected chi connectivity index (χ4v) is 5.41. The lowest BCUT2D eigenvalue weighted by Gasteiger charge is -2.44. The van der Waals surface area contributed by atoms with Gasteiger partial charge in [0.05, 0.1) is 11.4 Å². The fraction of sp³-hybridized carbons (Fsp3) is 0.458. The fourth-order valence-electron chi connectivity index (χ4n) is 5.41. The molecule has 3 heterocycles. The second-order valence-corrected chi connectivity index (χ2v) is 8.86. The molecule has 0 saturated carbocycles. The summed E-state index contributed by atoms with van der Waals surface area (Å²) >= 11 is 0. The van der Waals surface area contributed by atoms with Crippen molar-refractivity contribution in [2.75, 3.05) is 43.0 Å². The van der Waals surface area contributed by atoms with Crippen LogP contribution in [0.25, 0.3) is 0 Å². The van der Waals surface area contributed by atoms with Gasteiger partial charge in [-0.3, -0.25) is 4.79 Å². The first-order chi connectivity index (χ1) is 14.8. The van der Waals surface area contributed by atoms with Gasteiger partial charge in [-0.05, 0) is 55.3 Å². The zero-order valence-corrected chi connectivity index (χ0v) is 17.5. The minimum Gasteiger partial charge on any atom is -0.358 e. The van der Waals surface area contributed by atoms with Crippen molar-refractivity contribution in [3.63, 3.8) is 0 Å². The summed E-state index contributed by atoms with van der Waals surface area (Å²) in [6, 6.07) is 8.65. The standard InChI is InChI=1S/C24H26F3N3O/c1-28-21-5-2-4-18-19-14-29(12-3-6-22(31)16-7-9-17(25)10-8-16)13-11-20(19)30(23(18)21)15-24(28,26)27/h2,4-5,7-10,19-20H,3,6,11-15H2,1H3. The molecular formula is C24H26F3N3O. The van der Waals surface area contributed by atoms with Crippen LogP contribution in [0.5, 0.6) is 0 Å². The van der Waals surface area contributed by atoms with Gasteiger partial charge in [0.25, 0.3) is 0 Å². The number of Topliss-reactive ketones (excluding diaryl/α,β-unsaturated/α-hetero) is 1. The maximum absolute atomic E-state index is 14.6. The zero-order chi connectivity index (χ0) is 21.8. The number of benzene rings is 2. The molecule has 2 aromatic rings. The van der Waals surface area contributed by atoms with Gasteiger partial charge in [-0.15, -0.1) is 0 Å². The first kappa shape index (κ1) is 20.4. The summed E-state index contributed by atoms with van der Waals surface area (Å²) in [5, 5.41) is 0. The molecule has 0 aromatic heterocycles. The monoisotopic (exact) mass is 429 g/mol. The Kier molecular flexibility index (Phi) is 4.96. The van der Waals surface area contributed by atoms with E-state index in [1.54, 1.807) is 6.07 Å². The number of alkyl halides is 2. The molecule has 1 saturated heterocycles. The summed E-state index contributed by atoms with van der Waals surface area (Å²) in [4.78, 5) is 17.7. The van der Waals surface area contributed by atoms with Crippen LogP contribution >= 0.6 is 0 Å². The predicted molar refractivity (Wildman–Crippen MR) is 115 cm³/mol. The molecular weight excluding hydrogens is 403 g/mol. The van der Waals surface area contributed by atoms with Crippen molar-refractivity contribution in [2.24, 2.45) is 0 Å². The molecule has 0 spiro atoms. The Morgan fingerprint density at radius 1 is 1.16 bits per heavy atom. The number of piperidine rings is 1. The summed E-state index contributed by atoms with van der Waals surface area (Å²) in [7, 11) is 1.47. The highest BCUT2D eigenvalue weighted by Gasteiger charge is 2.52. The van der Waals surface area contributed by atoms with E-state index in [0.29, 0.717) is 17.7 Å². The van der Waals surface area contributed by atoms with E-state index in [0.717, 1.165) is 48.6 Å². The van der Waals surface area contributed by atoms with Crippen molar-refractivity contribution in [3.8, 4) is 0 Å². The van der Waals surface area contributed by atoms with Crippen molar-refractivity contribution >= 4 is 17.2 Å². The third kappa shape index (κ3) is 3.49. The molecule has 0 N–H and O–H groups in total. The summed E-state index contributed by atoms with van der Waals surface area (Å²) < 4.78 is 42.2. The van der Waals surface area contributed by atoms with Crippen LogP contribution in [-0.4, -0.2) is 56.0 Å². The molecule has 0 radical (unpaired) electrons. The highest BCUT2D eigenvalue weighted by Crippen LogP contribution is 2.53. The second-order valence-electron chi connectivity index (χ2n) is 8.86. The van der Waals surface area contributed by atoms with E-state index in [-0.39, 0.29) is 30.1 Å². The summed E-state index contributed by atoms with van der Waals surface area (Å²) in [5.74, 6) is -0.117. The van der Waals surface area contributed by atoms with Crippen LogP contribution in [-0.2, 0) is 0 Å². The predicted octanol–water partition coefficient (Wildman–Crippen LogP) is 4.51. The number of carbonyl (C=O) groups excluding carboxylic acids is 1. The number of rotatable bonds is 5. The van der Waals surface area contributed by atoms with E-state index in [4.69, 9.17) is 0 Å². The number of para-hydroxylation sites is 1. The van der Waals surface area contributed by atoms with Crippen molar-refractivity contribution < 1.29 is 18.0 Å². The van der Waals surface area contributed by atoms with Gasteiger partial charge in [0.1, 0.15) is 12.4 Å². The number of likely N-dealkylation sites (N-methyl/N-ethyl adjacent to an activating group) is 1. The number of anilines is 2. The van der Waals surface area contributed by atoms with E-state index >= 15 is 0 Å². The molecule has 4 nitrogen and oxygen atoms in total. The molecule has 3 aliphatic rings. The van der Waals surface area contributed by atoms with Gasteiger partial charge < -0.3 is 14.7 Å². The van der Waals surface area contributed by atoms with Gasteiger partial charge in [-0.1, -0.05) is 12.1 Å². The number of likely N-dealkylation sites (tertiary alicyclic amines) is 1. The van der Waals surface area contributed by atoms with Crippen molar-refractivity contribution in [3.05, 3.63) is 59.4 Å². The zero-order valence-electron chi connectivity index (χ0n) is 17.5. The van der Waals surface area contributed by atoms with Crippen LogP contribution in [0.15, 0.2) is 42.5 Å². The van der Waals surface area contributed by atoms with Crippen LogP contribution in [0.3, 0.4) is 0 Å². The third-order valence-corrected chi connectivity index (χ3v) is 7.05. The molecule has 2 unspecified atom stereocenters. The van der Waals surface area contributed by atoms with Crippen LogP contribution < -0.4 is 9.80 Å². The average molecular weight is 429 g/mol. The second kappa shape index (κ2) is 7.55. The first-order valence-electron chi connectivity index (χ1n) is 10.9. The Balaban J connectivity index is 1.25. The summed E-state index contributed by atoms with van der Waals surface area (Å²) in [5.41, 5.74) is 3.28. The molecule has 164 valence electrons. The van der Waals surface area contributed by atoms with Crippen LogP contribution in [0.2, 0.25) is 0 Å². The Morgan fingerprint density at radius 3 is 2.71 bits per heavy atom. The van der Waals surface area contributed by atoms with Gasteiger partial charge in [0.2, 0.25) is 0 Å². The van der Waals surface area contributed by atoms with Crippen molar-refractivity contribution in [1.29, 1.82) is 0 Å². The van der Waals surface area contributed by atoms with Gasteiger partial charge in [0.15, 0.2) is 5.78 Å². The molecule has 1 fully saturated rings. The minimum absolute atomic E-state index is 0.0214. The molecule has 0 bridgehead atoms. The smallest absolute Gasteiger partial charge is 0.342 e. The highest BCUT2D eigenvalue weighted by atomic mass is 19.3. The van der Waals surface area contributed by atoms with E-state index in [1.807, 2.05) is 11.0 Å². The third-order valence-electron chi connectivity index (χ3n) is 7.05. The number of hydrogen-bond acceptors (Lipinski definition) is 4. The average Bonchev–Trinajstić information content (AvgIpc) is 3.06. The first-order valence-corrected chi connectivity index (χ1v) is 10.9. The molecule has 2 atom stereocenters. The number of ketones is 1. The Bertz CT molecular complexity index is 994. The van der Waals surface area contributed by atoms with Gasteiger partial charge in [-0.25, -0.2) is 4.39 Å². The van der Waals surface area contributed by atoms with E-state index in [9.17, 15) is 18.0 Å². The molecule has 7 heteroatoms. The Morgan fingerprint density at radius 2 is 1.94 bits per heavy atom. The number of hydrogen-bond donors (Lipinski definition) is 0. The SMILES string of the molecule is CN1c2cccc3c2N(CC1(F)F)C1CCN(CCCC(=O)c2ccc(F)cc2)CC31. The Labute approximate surface area is 180 Å². The summed E-state index contributed by atoms with van der Waals surface area (Å²) in [6.45, 7) is 2.19. The normalized spacial score (nSPS) is 24.1. The van der Waals surface area contributed by atoms with Crippen molar-refractivity contribution in [2.45, 2.75) is 37.3 Å². The van der Waals surface area contributed by atoms with Crippen LogP contribution in [0.1, 0.15) is 41.1 Å². The molecule has 3 aliphatic heterocycles. The van der Waals surface area contributed by atoms with E-state index in [1.165, 1.54) is 31.3 Å². The number of carbonyl (C=O) groups is 1. The largest absolute Gasteiger partial charge is 0.358 e. The van der Waals surface area contributed by atoms with Crippen LogP contribution in [0.4, 0.5) is 24.5 Å². The summed E-state index contributed by atoms with van der Waals surface area (Å²) in [6.07, 6.45) is 1.98. The number of halogens is 3. The van der Waals surface area contributed by atoms with Gasteiger partial charge in [0, 0.05) is 44.1 Å². The minimum atomic E-state index is -2.88. The molecule has 0 aliphatic carbocycles. The quantitative estimate of drug-likeness (QED) is 0.516. The lowest BCUT2D eigenvalue weighted by molar-refractivity contribution is 0.00439. The lowest BCUT2D eigenvalue weighted by Crippen LogP contribution is -2.56. The van der Waals surface area contributed by atoms with Crippen LogP contribution in [0, 0.1) is 5.82 Å². The molecule has 0 amide bonds. The number of fused-ring (bicyclic) bond motifs is 3.